The Hall–Kier alpha value is -9.14. The van der Waals surface area contributed by atoms with Gasteiger partial charge in [0.05, 0.1) is 44.6 Å². The maximum atomic E-state index is 14.3. The van der Waals surface area contributed by atoms with E-state index in [0.717, 1.165) is 0 Å². The highest BCUT2D eigenvalue weighted by atomic mass is 16.4. The number of hydrogen-bond donors (Lipinski definition) is 18. The number of phenols is 1. The lowest BCUT2D eigenvalue weighted by Gasteiger charge is -2.27. The number of aliphatic hydroxyl groups excluding tert-OH is 2. The molecule has 1 saturated heterocycles. The third kappa shape index (κ3) is 22.7. The number of phenolic OH excluding ortho intramolecular Hbond substituents is 1. The van der Waals surface area contributed by atoms with Crippen molar-refractivity contribution in [2.45, 2.75) is 127 Å². The van der Waals surface area contributed by atoms with Gasteiger partial charge in [-0.3, -0.25) is 67.8 Å². The van der Waals surface area contributed by atoms with Gasteiger partial charge in [0, 0.05) is 13.0 Å². The standard InChI is InChI=1S/C51H71N13O19/c1-23(2)14-29-41(73)42(74)40(24(3)4)62-47(79)31(17-37(53)68)56-49(81)35(21-65)60-50(82)36(22-66)59-46(78)33(19-39(71)72)58-45(77)32(18-38(69)70)57-44(76)30(15-25-8-6-5-7-9-25)55-48(80)34(16-26-10-12-27(67)13-11-26)63-64-43(75)28(52)20-54-51(83)61-29/h5-13,23-24,28-36,40,63,65-67H,14-22,52H2,1-4H3,(H2,53,68)(H,55,80)(H,56,81)(H,57,76)(H,58,77)(H,59,78)(H,60,82)(H,62,79)(H,64,75)(H,69,70)(H,71,72)(H2,54,61,83)/t28?,29-,30-,31?,32?,33-,34?,35-,36?,40-/m0/s1. The van der Waals surface area contributed by atoms with E-state index in [-0.39, 0.29) is 30.9 Å². The highest BCUT2D eigenvalue weighted by Crippen LogP contribution is 2.14. The fraction of sp³-hybridized carbons (Fsp3) is 0.490. The molecule has 1 fully saturated rings. The molecule has 1 aliphatic heterocycles. The Morgan fingerprint density at radius 3 is 1.41 bits per heavy atom. The topological polar surface area (TPSA) is 524 Å². The smallest absolute Gasteiger partial charge is 0.315 e. The molecule has 20 N–H and O–H groups in total. The minimum atomic E-state index is -2.21. The molecule has 32 nitrogen and oxygen atoms in total. The molecule has 32 heteroatoms. The van der Waals surface area contributed by atoms with Crippen molar-refractivity contribution in [3.05, 3.63) is 65.7 Å². The monoisotopic (exact) mass is 1170 g/mol. The number of aromatic hydroxyl groups is 1. The number of hydrogen-bond acceptors (Lipinski definition) is 19. The maximum Gasteiger partial charge on any atom is 0.315 e. The van der Waals surface area contributed by atoms with Crippen LogP contribution in [0.25, 0.3) is 0 Å². The first kappa shape index (κ1) is 68.1. The van der Waals surface area contributed by atoms with Crippen LogP contribution in [0.1, 0.15) is 64.5 Å². The first-order valence-corrected chi connectivity index (χ1v) is 25.8. The normalized spacial score (nSPS) is 25.0. The molecule has 5 unspecified atom stereocenters. The summed E-state index contributed by atoms with van der Waals surface area (Å²) in [6, 6.07) is -6.37. The van der Waals surface area contributed by atoms with Gasteiger partial charge < -0.3 is 84.9 Å². The number of benzene rings is 2. The zero-order chi connectivity index (χ0) is 62.2. The van der Waals surface area contributed by atoms with Gasteiger partial charge in [-0.15, -0.1) is 0 Å². The average molecular weight is 1170 g/mol. The Morgan fingerprint density at radius 2 is 0.940 bits per heavy atom. The van der Waals surface area contributed by atoms with Crippen LogP contribution in [0.15, 0.2) is 54.6 Å². The molecular weight excluding hydrogens is 1100 g/mol. The van der Waals surface area contributed by atoms with Gasteiger partial charge in [0.25, 0.3) is 5.91 Å². The molecule has 1 aliphatic rings. The fourth-order valence-electron chi connectivity index (χ4n) is 7.91. The number of Topliss-reactive ketones (excluding diaryl/α,β-unsaturated/α-hetero) is 2. The van der Waals surface area contributed by atoms with E-state index >= 15 is 0 Å². The van der Waals surface area contributed by atoms with Gasteiger partial charge in [0.2, 0.25) is 58.8 Å². The molecule has 0 spiro atoms. The van der Waals surface area contributed by atoms with Crippen LogP contribution >= 0.6 is 0 Å². The fourth-order valence-corrected chi connectivity index (χ4v) is 7.91. The average Bonchev–Trinajstić information content (AvgIpc) is 3.43. The number of ketones is 2. The van der Waals surface area contributed by atoms with Crippen molar-refractivity contribution >= 4 is 82.7 Å². The molecule has 1 heterocycles. The van der Waals surface area contributed by atoms with Crippen LogP contribution in [0.2, 0.25) is 0 Å². The van der Waals surface area contributed by atoms with E-state index in [0.29, 0.717) is 11.1 Å². The zero-order valence-electron chi connectivity index (χ0n) is 45.6. The summed E-state index contributed by atoms with van der Waals surface area (Å²) in [5.41, 5.74) is 17.0. The molecule has 0 radical (unpaired) electrons. The molecule has 11 amide bonds. The Morgan fingerprint density at radius 1 is 0.518 bits per heavy atom. The van der Waals surface area contributed by atoms with Crippen LogP contribution in [-0.2, 0) is 75.2 Å². The van der Waals surface area contributed by atoms with Gasteiger partial charge in [0.1, 0.15) is 54.1 Å². The van der Waals surface area contributed by atoms with Crippen LogP contribution in [0.5, 0.6) is 5.75 Å². The molecule has 10 atom stereocenters. The Balaban J connectivity index is 2.16. The number of carboxylic acid groups (broad SMARTS) is 2. The molecule has 0 aliphatic carbocycles. The molecule has 2 aromatic rings. The molecule has 0 saturated carbocycles. The Labute approximate surface area is 474 Å². The van der Waals surface area contributed by atoms with Gasteiger partial charge in [0.15, 0.2) is 0 Å². The van der Waals surface area contributed by atoms with E-state index in [1.165, 1.54) is 38.1 Å². The summed E-state index contributed by atoms with van der Waals surface area (Å²) in [5.74, 6) is -19.0. The lowest BCUT2D eigenvalue weighted by atomic mass is 9.90. The van der Waals surface area contributed by atoms with Crippen LogP contribution in [0.3, 0.4) is 0 Å². The lowest BCUT2D eigenvalue weighted by Crippen LogP contribution is -2.62. The SMILES string of the molecule is CC(C)C[C@@H]1NC(=O)NCC(N)C(=O)NNC(Cc2ccc(O)cc2)C(=O)N[C@@H](Cc2ccccc2)C(=O)NC(CC(=O)O)C(=O)N[C@@H](CC(=O)O)C(=O)NC(CO)C(=O)N[C@@H](CO)C(=O)NC(CC(N)=O)C(=O)N[C@@H](C(C)C)C(=O)C1=O. The van der Waals surface area contributed by atoms with E-state index in [2.05, 4.69) is 42.8 Å². The van der Waals surface area contributed by atoms with Crippen molar-refractivity contribution < 1.29 is 92.7 Å². The summed E-state index contributed by atoms with van der Waals surface area (Å²) in [7, 11) is 0. The summed E-state index contributed by atoms with van der Waals surface area (Å²) in [6.45, 7) is 2.91. The Kier molecular flexibility index (Phi) is 27.0. The van der Waals surface area contributed by atoms with Gasteiger partial charge >= 0.3 is 18.0 Å². The third-order valence-electron chi connectivity index (χ3n) is 12.3. The summed E-state index contributed by atoms with van der Waals surface area (Å²) >= 11 is 0. The molecular formula is C51H71N13O19. The summed E-state index contributed by atoms with van der Waals surface area (Å²) in [5, 5.41) is 69.4. The van der Waals surface area contributed by atoms with E-state index in [9.17, 15) is 92.7 Å². The number of nitrogens with one attached hydrogen (secondary N) is 11. The van der Waals surface area contributed by atoms with E-state index in [1.807, 2.05) is 16.0 Å². The second-order valence-corrected chi connectivity index (χ2v) is 19.9. The van der Waals surface area contributed by atoms with Crippen molar-refractivity contribution in [1.29, 1.82) is 0 Å². The number of aliphatic hydroxyl groups is 2. The highest BCUT2D eigenvalue weighted by molar-refractivity contribution is 6.41. The van der Waals surface area contributed by atoms with Crippen molar-refractivity contribution in [2.75, 3.05) is 19.8 Å². The predicted molar refractivity (Wildman–Crippen MR) is 286 cm³/mol. The molecule has 3 rings (SSSR count). The van der Waals surface area contributed by atoms with Gasteiger partial charge in [-0.2, -0.15) is 0 Å². The number of carbonyl (C=O) groups excluding carboxylic acids is 12. The van der Waals surface area contributed by atoms with Crippen molar-refractivity contribution in [1.82, 2.24) is 58.7 Å². The lowest BCUT2D eigenvalue weighted by molar-refractivity contribution is -0.143. The van der Waals surface area contributed by atoms with E-state index in [1.54, 1.807) is 44.2 Å². The molecule has 2 aromatic carbocycles. The minimum Gasteiger partial charge on any atom is -0.508 e. The van der Waals surface area contributed by atoms with Crippen LogP contribution in [0, 0.1) is 11.8 Å². The largest absolute Gasteiger partial charge is 0.508 e. The number of carboxylic acids is 2. The van der Waals surface area contributed by atoms with E-state index in [4.69, 9.17) is 11.5 Å². The molecule has 0 bridgehead atoms. The summed E-state index contributed by atoms with van der Waals surface area (Å²) in [6.07, 6.45) is -4.25. The summed E-state index contributed by atoms with van der Waals surface area (Å²) < 4.78 is 0. The minimum absolute atomic E-state index is 0.151. The Bertz CT molecular complexity index is 2700. The first-order chi connectivity index (χ1) is 39.0. The number of amides is 11. The second-order valence-electron chi connectivity index (χ2n) is 19.9. The second kappa shape index (κ2) is 32.9. The van der Waals surface area contributed by atoms with Gasteiger partial charge in [-0.1, -0.05) is 70.2 Å². The number of rotatable bonds is 15. The number of urea groups is 1. The van der Waals surface area contributed by atoms with Crippen LogP contribution in [-0.4, -0.2) is 188 Å². The molecule has 454 valence electrons. The van der Waals surface area contributed by atoms with Gasteiger partial charge in [-0.05, 0) is 47.9 Å². The quantitative estimate of drug-likeness (QED) is 0.0737. The zero-order valence-corrected chi connectivity index (χ0v) is 45.6. The van der Waals surface area contributed by atoms with Crippen molar-refractivity contribution in [2.24, 2.45) is 23.3 Å². The molecule has 0 aromatic heterocycles. The third-order valence-corrected chi connectivity index (χ3v) is 12.3. The van der Waals surface area contributed by atoms with Crippen molar-refractivity contribution in [3.8, 4) is 5.75 Å². The first-order valence-electron chi connectivity index (χ1n) is 25.8. The van der Waals surface area contributed by atoms with E-state index < -0.39 is 188 Å². The van der Waals surface area contributed by atoms with Crippen LogP contribution in [0.4, 0.5) is 4.79 Å². The number of hydrazine groups is 1. The van der Waals surface area contributed by atoms with Crippen molar-refractivity contribution in [3.63, 3.8) is 0 Å². The number of carbonyl (C=O) groups is 14. The number of nitrogens with two attached hydrogens (primary N) is 2. The highest BCUT2D eigenvalue weighted by Gasteiger charge is 2.39. The number of aliphatic carboxylic acids is 2. The molecule has 83 heavy (non-hydrogen) atoms. The number of primary amides is 1. The van der Waals surface area contributed by atoms with Gasteiger partial charge in [-0.25, -0.2) is 10.2 Å². The van der Waals surface area contributed by atoms with Crippen LogP contribution < -0.4 is 70.2 Å². The summed E-state index contributed by atoms with van der Waals surface area (Å²) in [4.78, 5) is 188. The maximum absolute atomic E-state index is 14.3. The predicted octanol–water partition coefficient (Wildman–Crippen LogP) is -6.78.